The van der Waals surface area contributed by atoms with E-state index in [1.165, 1.54) is 6.07 Å². The normalized spacial score (nSPS) is 12.7. The van der Waals surface area contributed by atoms with E-state index in [1.807, 2.05) is 10.8 Å². The minimum absolute atomic E-state index is 0.221. The second-order valence-electron chi connectivity index (χ2n) is 3.27. The number of halogens is 2. The van der Waals surface area contributed by atoms with Gasteiger partial charge in [0.1, 0.15) is 5.82 Å². The molecule has 0 fully saturated rings. The Morgan fingerprint density at radius 3 is 2.88 bits per heavy atom. The van der Waals surface area contributed by atoms with Crippen LogP contribution in [-0.2, 0) is 0 Å². The molecule has 0 saturated heterocycles. The SMILES string of the molecule is CNC(c1cscc1Br)c1ncccc1F. The van der Waals surface area contributed by atoms with Crippen molar-refractivity contribution in [3.8, 4) is 0 Å². The molecule has 0 radical (unpaired) electrons. The summed E-state index contributed by atoms with van der Waals surface area (Å²) in [6, 6.07) is 2.79. The highest BCUT2D eigenvalue weighted by atomic mass is 79.9. The number of nitrogens with zero attached hydrogens (tertiary/aromatic N) is 1. The Hall–Kier alpha value is -0.780. The highest BCUT2D eigenvalue weighted by molar-refractivity contribution is 9.10. The molecule has 5 heteroatoms. The number of hydrogen-bond acceptors (Lipinski definition) is 3. The smallest absolute Gasteiger partial charge is 0.146 e. The van der Waals surface area contributed by atoms with Crippen molar-refractivity contribution in [1.82, 2.24) is 10.3 Å². The molecule has 0 bridgehead atoms. The lowest BCUT2D eigenvalue weighted by Gasteiger charge is -2.15. The molecular weight excluding hydrogens is 291 g/mol. The Bertz CT molecular complexity index is 486. The maximum absolute atomic E-state index is 13.6. The number of nitrogens with one attached hydrogen (secondary N) is 1. The molecule has 0 aromatic carbocycles. The van der Waals surface area contributed by atoms with Crippen LogP contribution >= 0.6 is 27.3 Å². The molecule has 2 aromatic rings. The molecule has 84 valence electrons. The lowest BCUT2D eigenvalue weighted by atomic mass is 10.1. The molecule has 1 atom stereocenters. The zero-order valence-corrected chi connectivity index (χ0v) is 11.0. The fourth-order valence-electron chi connectivity index (χ4n) is 1.55. The van der Waals surface area contributed by atoms with Gasteiger partial charge in [-0.3, -0.25) is 4.98 Å². The monoisotopic (exact) mass is 300 g/mol. The van der Waals surface area contributed by atoms with Crippen LogP contribution in [0.1, 0.15) is 17.3 Å². The molecule has 2 rings (SSSR count). The van der Waals surface area contributed by atoms with Crippen molar-refractivity contribution < 1.29 is 4.39 Å². The van der Waals surface area contributed by atoms with Gasteiger partial charge in [-0.05, 0) is 40.5 Å². The molecule has 1 unspecified atom stereocenters. The molecule has 0 aliphatic rings. The third-order valence-corrected chi connectivity index (χ3v) is 4.05. The zero-order chi connectivity index (χ0) is 11.5. The molecule has 0 saturated carbocycles. The van der Waals surface area contributed by atoms with Crippen molar-refractivity contribution in [1.29, 1.82) is 0 Å². The van der Waals surface area contributed by atoms with E-state index < -0.39 is 0 Å². The van der Waals surface area contributed by atoms with Crippen LogP contribution in [0.4, 0.5) is 4.39 Å². The van der Waals surface area contributed by atoms with Gasteiger partial charge in [0, 0.05) is 21.6 Å². The standard InChI is InChI=1S/C11H10BrFN2S/c1-14-10(7-5-16-6-8(7)12)11-9(13)3-2-4-15-11/h2-6,10,14H,1H3. The van der Waals surface area contributed by atoms with Gasteiger partial charge in [-0.2, -0.15) is 11.3 Å². The summed E-state index contributed by atoms with van der Waals surface area (Å²) in [5.41, 5.74) is 1.43. The summed E-state index contributed by atoms with van der Waals surface area (Å²) in [7, 11) is 1.79. The molecule has 0 amide bonds. The van der Waals surface area contributed by atoms with E-state index in [9.17, 15) is 4.39 Å². The van der Waals surface area contributed by atoms with Gasteiger partial charge in [0.25, 0.3) is 0 Å². The van der Waals surface area contributed by atoms with Crippen LogP contribution in [0, 0.1) is 5.82 Å². The Labute approximate surface area is 106 Å². The van der Waals surface area contributed by atoms with Gasteiger partial charge in [-0.15, -0.1) is 0 Å². The Balaban J connectivity index is 2.45. The molecule has 0 spiro atoms. The number of aromatic nitrogens is 1. The highest BCUT2D eigenvalue weighted by Gasteiger charge is 2.20. The molecular formula is C11H10BrFN2S. The molecule has 2 heterocycles. The van der Waals surface area contributed by atoms with Gasteiger partial charge in [0.2, 0.25) is 0 Å². The summed E-state index contributed by atoms with van der Waals surface area (Å²) < 4.78 is 14.6. The summed E-state index contributed by atoms with van der Waals surface area (Å²) in [5, 5.41) is 7.03. The van der Waals surface area contributed by atoms with Crippen molar-refractivity contribution in [3.63, 3.8) is 0 Å². The van der Waals surface area contributed by atoms with Crippen LogP contribution in [0.3, 0.4) is 0 Å². The zero-order valence-electron chi connectivity index (χ0n) is 8.58. The minimum Gasteiger partial charge on any atom is -0.308 e. The van der Waals surface area contributed by atoms with Gasteiger partial charge in [0.05, 0.1) is 11.7 Å². The Morgan fingerprint density at radius 1 is 1.50 bits per heavy atom. The van der Waals surface area contributed by atoms with Gasteiger partial charge in [-0.1, -0.05) is 0 Å². The number of thiophene rings is 1. The summed E-state index contributed by atoms with van der Waals surface area (Å²) in [6.07, 6.45) is 1.60. The summed E-state index contributed by atoms with van der Waals surface area (Å²) >= 11 is 5.02. The van der Waals surface area contributed by atoms with Crippen molar-refractivity contribution >= 4 is 27.3 Å². The third-order valence-electron chi connectivity index (χ3n) is 2.30. The molecule has 2 nitrogen and oxygen atoms in total. The summed E-state index contributed by atoms with van der Waals surface area (Å²) in [5.74, 6) is -0.292. The van der Waals surface area contributed by atoms with Crippen LogP contribution in [0.15, 0.2) is 33.6 Å². The van der Waals surface area contributed by atoms with E-state index in [4.69, 9.17) is 0 Å². The lowest BCUT2D eigenvalue weighted by Crippen LogP contribution is -2.20. The summed E-state index contributed by atoms with van der Waals surface area (Å²) in [6.45, 7) is 0. The second kappa shape index (κ2) is 5.03. The van der Waals surface area contributed by atoms with Gasteiger partial charge >= 0.3 is 0 Å². The van der Waals surface area contributed by atoms with Crippen LogP contribution in [-0.4, -0.2) is 12.0 Å². The molecule has 0 aliphatic carbocycles. The minimum atomic E-state index is -0.292. The van der Waals surface area contributed by atoms with Crippen LogP contribution in [0.5, 0.6) is 0 Å². The average molecular weight is 301 g/mol. The highest BCUT2D eigenvalue weighted by Crippen LogP contribution is 2.31. The van der Waals surface area contributed by atoms with E-state index in [0.717, 1.165) is 10.0 Å². The fourth-order valence-corrected chi connectivity index (χ4v) is 3.10. The first kappa shape index (κ1) is 11.7. The first-order valence-corrected chi connectivity index (χ1v) is 6.47. The first-order valence-electron chi connectivity index (χ1n) is 4.73. The predicted molar refractivity (Wildman–Crippen MR) is 67.1 cm³/mol. The van der Waals surface area contributed by atoms with E-state index in [2.05, 4.69) is 26.2 Å². The lowest BCUT2D eigenvalue weighted by molar-refractivity contribution is 0.560. The van der Waals surface area contributed by atoms with Gasteiger partial charge < -0.3 is 5.32 Å². The van der Waals surface area contributed by atoms with Crippen LogP contribution < -0.4 is 5.32 Å². The van der Waals surface area contributed by atoms with E-state index in [1.54, 1.807) is 30.6 Å². The number of hydrogen-bond donors (Lipinski definition) is 1. The van der Waals surface area contributed by atoms with Crippen molar-refractivity contribution in [3.05, 3.63) is 50.6 Å². The average Bonchev–Trinajstić information content (AvgIpc) is 2.69. The largest absolute Gasteiger partial charge is 0.308 e. The van der Waals surface area contributed by atoms with E-state index in [0.29, 0.717) is 5.69 Å². The van der Waals surface area contributed by atoms with Gasteiger partial charge in [0.15, 0.2) is 0 Å². The van der Waals surface area contributed by atoms with Gasteiger partial charge in [-0.25, -0.2) is 4.39 Å². The van der Waals surface area contributed by atoms with E-state index in [-0.39, 0.29) is 11.9 Å². The molecule has 1 N–H and O–H groups in total. The molecule has 16 heavy (non-hydrogen) atoms. The maximum atomic E-state index is 13.6. The quantitative estimate of drug-likeness (QED) is 0.940. The van der Waals surface area contributed by atoms with Crippen molar-refractivity contribution in [2.75, 3.05) is 7.05 Å². The van der Waals surface area contributed by atoms with Crippen molar-refractivity contribution in [2.45, 2.75) is 6.04 Å². The predicted octanol–water partition coefficient (Wildman–Crippen LogP) is 3.35. The topological polar surface area (TPSA) is 24.9 Å². The second-order valence-corrected chi connectivity index (χ2v) is 4.87. The maximum Gasteiger partial charge on any atom is 0.146 e. The molecule has 2 aromatic heterocycles. The first-order chi connectivity index (χ1) is 7.74. The summed E-state index contributed by atoms with van der Waals surface area (Å²) in [4.78, 5) is 4.09. The fraction of sp³-hybridized carbons (Fsp3) is 0.182. The van der Waals surface area contributed by atoms with E-state index >= 15 is 0 Å². The number of pyridine rings is 1. The molecule has 0 aliphatic heterocycles. The Kier molecular flexibility index (Phi) is 3.68. The third kappa shape index (κ3) is 2.16. The number of rotatable bonds is 3. The van der Waals surface area contributed by atoms with Crippen molar-refractivity contribution in [2.24, 2.45) is 0 Å². The van der Waals surface area contributed by atoms with Crippen LogP contribution in [0.25, 0.3) is 0 Å². The van der Waals surface area contributed by atoms with Crippen LogP contribution in [0.2, 0.25) is 0 Å². The Morgan fingerprint density at radius 2 is 2.31 bits per heavy atom.